The smallest absolute Gasteiger partial charge is 0.119 e. The van der Waals surface area contributed by atoms with Crippen LogP contribution in [0.1, 0.15) is 29.8 Å². The van der Waals surface area contributed by atoms with Crippen LogP contribution in [-0.4, -0.2) is 6.61 Å². The van der Waals surface area contributed by atoms with Crippen LogP contribution < -0.4 is 4.74 Å². The summed E-state index contributed by atoms with van der Waals surface area (Å²) in [6.07, 6.45) is 1.89. The van der Waals surface area contributed by atoms with Crippen LogP contribution in [0.5, 0.6) is 5.75 Å². The van der Waals surface area contributed by atoms with E-state index in [1.165, 1.54) is 11.1 Å². The Morgan fingerprint density at radius 2 is 1.84 bits per heavy atom. The van der Waals surface area contributed by atoms with Crippen LogP contribution in [0.25, 0.3) is 0 Å². The first-order valence-corrected chi connectivity index (χ1v) is 7.14. The molecule has 19 heavy (non-hydrogen) atoms. The lowest BCUT2D eigenvalue weighted by atomic mass is 10.0. The number of alkyl halides is 1. The van der Waals surface area contributed by atoms with Crippen LogP contribution in [0, 0.1) is 0 Å². The molecule has 0 aliphatic carbocycles. The fraction of sp³-hybridized carbons (Fsp3) is 0.294. The highest BCUT2D eigenvalue weighted by molar-refractivity contribution is 6.20. The van der Waals surface area contributed by atoms with E-state index in [-0.39, 0.29) is 5.38 Å². The molecule has 0 radical (unpaired) electrons. The van der Waals surface area contributed by atoms with Gasteiger partial charge in [-0.15, -0.1) is 11.6 Å². The first-order chi connectivity index (χ1) is 9.29. The summed E-state index contributed by atoms with van der Waals surface area (Å²) in [6.45, 7) is 2.70. The molecule has 0 fully saturated rings. The summed E-state index contributed by atoms with van der Waals surface area (Å²) in [5, 5.41) is 0.0666. The van der Waals surface area contributed by atoms with E-state index in [2.05, 4.69) is 24.3 Å². The van der Waals surface area contributed by atoms with Crippen molar-refractivity contribution >= 4 is 11.6 Å². The minimum absolute atomic E-state index is 0.0666. The molecule has 0 N–H and O–H groups in total. The Labute approximate surface area is 120 Å². The van der Waals surface area contributed by atoms with Crippen LogP contribution in [0.4, 0.5) is 0 Å². The summed E-state index contributed by atoms with van der Waals surface area (Å²) in [6, 6.07) is 18.5. The lowest BCUT2D eigenvalue weighted by molar-refractivity contribution is 0.340. The largest absolute Gasteiger partial charge is 0.494 e. The Morgan fingerprint density at radius 3 is 2.58 bits per heavy atom. The van der Waals surface area contributed by atoms with Gasteiger partial charge in [-0.1, -0.05) is 42.5 Å². The zero-order chi connectivity index (χ0) is 13.5. The summed E-state index contributed by atoms with van der Waals surface area (Å²) >= 11 is 6.43. The Bertz CT molecular complexity index is 496. The van der Waals surface area contributed by atoms with Gasteiger partial charge >= 0.3 is 0 Å². The lowest BCUT2D eigenvalue weighted by Crippen LogP contribution is -1.95. The van der Waals surface area contributed by atoms with Crippen molar-refractivity contribution in [1.29, 1.82) is 0 Å². The van der Waals surface area contributed by atoms with E-state index in [9.17, 15) is 0 Å². The maximum absolute atomic E-state index is 6.43. The molecular formula is C17H19ClO. The van der Waals surface area contributed by atoms with Gasteiger partial charge in [-0.3, -0.25) is 0 Å². The molecule has 2 heteroatoms. The predicted molar refractivity (Wildman–Crippen MR) is 81.0 cm³/mol. The molecular weight excluding hydrogens is 256 g/mol. The first-order valence-electron chi connectivity index (χ1n) is 6.70. The van der Waals surface area contributed by atoms with Crippen LogP contribution >= 0.6 is 11.6 Å². The Kier molecular flexibility index (Phi) is 5.29. The van der Waals surface area contributed by atoms with Crippen molar-refractivity contribution in [3.8, 4) is 5.75 Å². The zero-order valence-electron chi connectivity index (χ0n) is 11.2. The molecule has 0 saturated carbocycles. The quantitative estimate of drug-likeness (QED) is 0.674. The van der Waals surface area contributed by atoms with E-state index in [1.807, 2.05) is 37.3 Å². The number of rotatable bonds is 6. The van der Waals surface area contributed by atoms with Crippen molar-refractivity contribution < 1.29 is 4.74 Å². The fourth-order valence-corrected chi connectivity index (χ4v) is 2.33. The summed E-state index contributed by atoms with van der Waals surface area (Å²) in [4.78, 5) is 0. The molecule has 0 amide bonds. The third-order valence-corrected chi connectivity index (χ3v) is 3.53. The number of hydrogen-bond acceptors (Lipinski definition) is 1. The molecule has 0 aliphatic rings. The van der Waals surface area contributed by atoms with Crippen LogP contribution in [0.15, 0.2) is 54.6 Å². The highest BCUT2D eigenvalue weighted by Gasteiger charge is 2.07. The third kappa shape index (κ3) is 4.29. The maximum atomic E-state index is 6.43. The van der Waals surface area contributed by atoms with Crippen molar-refractivity contribution in [3.63, 3.8) is 0 Å². The fourth-order valence-electron chi connectivity index (χ4n) is 2.08. The van der Waals surface area contributed by atoms with Crippen molar-refractivity contribution in [2.45, 2.75) is 25.1 Å². The van der Waals surface area contributed by atoms with Crippen molar-refractivity contribution in [2.75, 3.05) is 6.61 Å². The van der Waals surface area contributed by atoms with E-state index in [4.69, 9.17) is 16.3 Å². The zero-order valence-corrected chi connectivity index (χ0v) is 11.9. The molecule has 100 valence electrons. The number of benzene rings is 2. The summed E-state index contributed by atoms with van der Waals surface area (Å²) in [5.41, 5.74) is 2.46. The topological polar surface area (TPSA) is 9.23 Å². The standard InChI is InChI=1S/C17H19ClO/c1-2-19-16-10-6-7-14(13-16)11-12-17(18)15-8-4-3-5-9-15/h3-10,13,17H,2,11-12H2,1H3. The first kappa shape index (κ1) is 14.0. The molecule has 0 bridgehead atoms. The van der Waals surface area contributed by atoms with E-state index in [1.54, 1.807) is 0 Å². The molecule has 1 nitrogen and oxygen atoms in total. The van der Waals surface area contributed by atoms with E-state index in [0.29, 0.717) is 6.61 Å². The minimum Gasteiger partial charge on any atom is -0.494 e. The monoisotopic (exact) mass is 274 g/mol. The van der Waals surface area contributed by atoms with Crippen molar-refractivity contribution in [1.82, 2.24) is 0 Å². The molecule has 2 rings (SSSR count). The maximum Gasteiger partial charge on any atom is 0.119 e. The molecule has 1 unspecified atom stereocenters. The number of ether oxygens (including phenoxy) is 1. The SMILES string of the molecule is CCOc1cccc(CCC(Cl)c2ccccc2)c1. The van der Waals surface area contributed by atoms with E-state index in [0.717, 1.165) is 18.6 Å². The number of halogens is 1. The molecule has 0 aromatic heterocycles. The Balaban J connectivity index is 1.93. The molecule has 1 atom stereocenters. The molecule has 2 aromatic carbocycles. The van der Waals surface area contributed by atoms with E-state index < -0.39 is 0 Å². The van der Waals surface area contributed by atoms with E-state index >= 15 is 0 Å². The second kappa shape index (κ2) is 7.20. The van der Waals surface area contributed by atoms with Gasteiger partial charge in [0.15, 0.2) is 0 Å². The third-order valence-electron chi connectivity index (χ3n) is 3.06. The highest BCUT2D eigenvalue weighted by atomic mass is 35.5. The van der Waals surface area contributed by atoms with Crippen molar-refractivity contribution in [2.24, 2.45) is 0 Å². The average molecular weight is 275 g/mol. The van der Waals surface area contributed by atoms with Crippen LogP contribution in [0.2, 0.25) is 0 Å². The summed E-state index contributed by atoms with van der Waals surface area (Å²) in [7, 11) is 0. The molecule has 0 saturated heterocycles. The van der Waals surface area contributed by atoms with Gasteiger partial charge in [-0.05, 0) is 43.0 Å². The molecule has 0 heterocycles. The minimum atomic E-state index is 0.0666. The lowest BCUT2D eigenvalue weighted by Gasteiger charge is -2.10. The van der Waals surface area contributed by atoms with Gasteiger partial charge in [0.25, 0.3) is 0 Å². The highest BCUT2D eigenvalue weighted by Crippen LogP contribution is 2.26. The second-order valence-electron chi connectivity index (χ2n) is 4.50. The van der Waals surface area contributed by atoms with Gasteiger partial charge in [-0.25, -0.2) is 0 Å². The Morgan fingerprint density at radius 1 is 1.05 bits per heavy atom. The van der Waals surface area contributed by atoms with Gasteiger partial charge in [0.05, 0.1) is 12.0 Å². The van der Waals surface area contributed by atoms with Gasteiger partial charge in [0, 0.05) is 0 Å². The van der Waals surface area contributed by atoms with Gasteiger partial charge in [-0.2, -0.15) is 0 Å². The Hall–Kier alpha value is -1.47. The summed E-state index contributed by atoms with van der Waals surface area (Å²) < 4.78 is 5.50. The van der Waals surface area contributed by atoms with Gasteiger partial charge < -0.3 is 4.74 Å². The van der Waals surface area contributed by atoms with Crippen LogP contribution in [-0.2, 0) is 6.42 Å². The summed E-state index contributed by atoms with van der Waals surface area (Å²) in [5.74, 6) is 0.936. The number of aryl methyl sites for hydroxylation is 1. The number of hydrogen-bond donors (Lipinski definition) is 0. The normalized spacial score (nSPS) is 12.1. The predicted octanol–water partition coefficient (Wildman–Crippen LogP) is 5.00. The molecule has 0 spiro atoms. The second-order valence-corrected chi connectivity index (χ2v) is 5.02. The molecule has 2 aromatic rings. The average Bonchev–Trinajstić information content (AvgIpc) is 2.46. The van der Waals surface area contributed by atoms with Crippen molar-refractivity contribution in [3.05, 3.63) is 65.7 Å². The van der Waals surface area contributed by atoms with Gasteiger partial charge in [0.2, 0.25) is 0 Å². The van der Waals surface area contributed by atoms with Crippen LogP contribution in [0.3, 0.4) is 0 Å². The van der Waals surface area contributed by atoms with Gasteiger partial charge in [0.1, 0.15) is 5.75 Å². The molecule has 0 aliphatic heterocycles.